The van der Waals surface area contributed by atoms with Gasteiger partial charge in [-0.1, -0.05) is 48.5 Å². The molecule has 0 fully saturated rings. The molecular weight excluding hydrogens is 523 g/mol. The van der Waals surface area contributed by atoms with Crippen molar-refractivity contribution in [2.24, 2.45) is 0 Å². The number of hydrogen-bond acceptors (Lipinski definition) is 2. The first kappa shape index (κ1) is 16.4. The number of nitrogens with one attached hydrogen (secondary N) is 1. The molecule has 0 bridgehead atoms. The molecular formula is C17H16FmNO3-. The third-order valence-electron chi connectivity index (χ3n) is 3.38. The second-order valence-corrected chi connectivity index (χ2v) is 4.85. The zero-order valence-corrected chi connectivity index (χ0v) is 14.4. The minimum Gasteiger partial charge on any atom is -0.520 e. The Labute approximate surface area is 123 Å². The molecule has 0 aliphatic rings. The van der Waals surface area contributed by atoms with E-state index in [9.17, 15) is 9.59 Å². The fourth-order valence-corrected chi connectivity index (χ4v) is 2.22. The molecule has 120 valence electrons. The van der Waals surface area contributed by atoms with Crippen molar-refractivity contribution < 1.29 is 14.7 Å². The first-order valence-corrected chi connectivity index (χ1v) is 6.62. The van der Waals surface area contributed by atoms with E-state index in [1.54, 1.807) is 0 Å². The van der Waals surface area contributed by atoms with Gasteiger partial charge in [0.15, 0.2) is 0 Å². The molecule has 0 aromatic heterocycles. The van der Waals surface area contributed by atoms with Gasteiger partial charge in [0.05, 0.1) is 0 Å². The van der Waals surface area contributed by atoms with Gasteiger partial charge >= 0.3 is 5.97 Å². The molecule has 1 amide bonds. The van der Waals surface area contributed by atoms with Gasteiger partial charge in [0.1, 0.15) is 6.04 Å². The van der Waals surface area contributed by atoms with Crippen LogP contribution in [-0.2, 0) is 16.0 Å². The van der Waals surface area contributed by atoms with E-state index in [4.69, 9.17) is 5.11 Å². The van der Waals surface area contributed by atoms with Gasteiger partial charge < -0.3 is 15.2 Å². The standard InChI is InChI=1S/C17H16NO3.Fm/c1-12-4-2-3-5-15(12)14-8-6-13(7-9-14)10-16(17(20)21)18-11-19;/h2-9,16H,10H2,1H3,(H,18,19)(H,20,21);/q-1;/t16-;/m0./s1. The maximum absolute atomic E-state index is 11.0. The summed E-state index contributed by atoms with van der Waals surface area (Å²) in [6, 6.07) is 14.8. The van der Waals surface area contributed by atoms with Crippen LogP contribution in [0.1, 0.15) is 11.1 Å². The zero-order chi connectivity index (χ0) is 15.2. The van der Waals surface area contributed by atoms with Crippen LogP contribution in [0.15, 0.2) is 48.5 Å². The van der Waals surface area contributed by atoms with E-state index < -0.39 is 12.0 Å². The fraction of sp³-hybridized carbons (Fsp3) is 0.176. The minimum atomic E-state index is -1.07. The van der Waals surface area contributed by atoms with Crippen LogP contribution in [0.3, 0.4) is 0 Å². The van der Waals surface area contributed by atoms with Gasteiger partial charge in [-0.05, 0) is 29.2 Å². The van der Waals surface area contributed by atoms with Crippen molar-refractivity contribution in [3.63, 3.8) is 0 Å². The zero-order valence-electron chi connectivity index (χ0n) is 12.0. The number of aryl methyl sites for hydroxylation is 1. The van der Waals surface area contributed by atoms with Gasteiger partial charge in [-0.15, -0.1) is 0 Å². The van der Waals surface area contributed by atoms with E-state index in [2.05, 4.69) is 5.32 Å². The Morgan fingerprint density at radius 1 is 1.18 bits per heavy atom. The number of rotatable bonds is 6. The van der Waals surface area contributed by atoms with Crippen molar-refractivity contribution in [3.8, 4) is 11.1 Å². The van der Waals surface area contributed by atoms with Crippen molar-refractivity contribution in [2.45, 2.75) is 19.4 Å². The van der Waals surface area contributed by atoms with Crippen LogP contribution < -0.4 is 5.32 Å². The van der Waals surface area contributed by atoms with Crippen molar-refractivity contribution in [1.82, 2.24) is 5.32 Å². The van der Waals surface area contributed by atoms with E-state index in [-0.39, 0.29) is 6.42 Å². The molecule has 4 nitrogen and oxygen atoms in total. The molecule has 2 aromatic carbocycles. The van der Waals surface area contributed by atoms with Crippen LogP contribution in [0.2, 0.25) is 0 Å². The average molecular weight is 539 g/mol. The van der Waals surface area contributed by atoms with E-state index in [1.807, 2.05) is 55.5 Å². The molecule has 0 aliphatic carbocycles. The van der Waals surface area contributed by atoms with Crippen LogP contribution in [0.4, 0.5) is 0 Å². The fourth-order valence-electron chi connectivity index (χ4n) is 2.22. The molecule has 0 radical (unpaired) electrons. The third-order valence-corrected chi connectivity index (χ3v) is 3.38. The number of carbonyl (C=O) groups excluding carboxylic acids is 1. The second kappa shape index (κ2) is 7.24. The molecule has 1 atom stereocenters. The summed E-state index contributed by atoms with van der Waals surface area (Å²) in [5.41, 5.74) is 4.27. The summed E-state index contributed by atoms with van der Waals surface area (Å²) in [5.74, 6) is -1.07. The van der Waals surface area contributed by atoms with Gasteiger partial charge in [0.25, 0.3) is 0 Å². The number of benzene rings is 2. The van der Waals surface area contributed by atoms with Crippen molar-refractivity contribution in [3.05, 3.63) is 59.7 Å². The van der Waals surface area contributed by atoms with Crippen LogP contribution >= 0.6 is 0 Å². The Hall–Kier alpha value is -3.62. The monoisotopic (exact) mass is 539 g/mol. The van der Waals surface area contributed by atoms with Crippen LogP contribution in [0, 0.1) is 6.92 Å². The smallest absolute Gasteiger partial charge is 0.323 e. The van der Waals surface area contributed by atoms with Gasteiger partial charge in [0, 0.05) is 6.42 Å². The first-order valence-electron chi connectivity index (χ1n) is 6.62. The summed E-state index contributed by atoms with van der Waals surface area (Å²) >= 11 is 0. The Morgan fingerprint density at radius 3 is 2.36 bits per heavy atom. The average Bonchev–Trinajstić information content (AvgIpc) is 2.48. The summed E-state index contributed by atoms with van der Waals surface area (Å²) in [6.45, 7) is 2.05. The number of amides is 1. The van der Waals surface area contributed by atoms with E-state index in [1.165, 1.54) is 12.0 Å². The third kappa shape index (κ3) is 3.70. The molecule has 2 rings (SSSR count). The molecule has 2 N–H and O–H groups in total. The van der Waals surface area contributed by atoms with Crippen LogP contribution in [0.25, 0.3) is 11.1 Å². The predicted octanol–water partition coefficient (Wildman–Crippen LogP) is 2.31. The summed E-state index contributed by atoms with van der Waals surface area (Å²) in [4.78, 5) is 21.3. The van der Waals surface area contributed by atoms with Gasteiger partial charge in [-0.3, -0.25) is 4.79 Å². The van der Waals surface area contributed by atoms with Crippen molar-refractivity contribution in [2.75, 3.05) is 0 Å². The van der Waals surface area contributed by atoms with Gasteiger partial charge in [-0.2, -0.15) is 6.41 Å². The quantitative estimate of drug-likeness (QED) is 0.438. The Kier molecular flexibility index (Phi) is 5.41. The summed E-state index contributed by atoms with van der Waals surface area (Å²) in [6.07, 6.45) is 1.67. The normalized spacial score (nSPS) is 11.1. The molecule has 0 saturated heterocycles. The predicted molar refractivity (Wildman–Crippen MR) is 80.6 cm³/mol. The molecule has 5 heteroatoms. The van der Waals surface area contributed by atoms with E-state index >= 15 is 0 Å². The number of carbonyl (C=O) groups is 1. The van der Waals surface area contributed by atoms with Crippen LogP contribution in [-0.4, -0.2) is 23.5 Å². The Bertz CT molecular complexity index is 641. The molecule has 0 heterocycles. The molecule has 0 spiro atoms. The van der Waals surface area contributed by atoms with Gasteiger partial charge in [0.2, 0.25) is 0 Å². The molecule has 2 aromatic rings. The van der Waals surface area contributed by atoms with Crippen LogP contribution in [0.5, 0.6) is 0 Å². The Morgan fingerprint density at radius 2 is 1.82 bits per heavy atom. The number of carboxylic acid groups (broad SMARTS) is 1. The van der Waals surface area contributed by atoms with E-state index in [0.29, 0.717) is 0 Å². The first-order chi connectivity index (χ1) is 10.1. The second-order valence-electron chi connectivity index (χ2n) is 4.85. The number of carboxylic acids is 1. The maximum Gasteiger partial charge on any atom is 0.323 e. The molecule has 0 unspecified atom stereocenters. The minimum absolute atomic E-state index is 0. The summed E-state index contributed by atoms with van der Waals surface area (Å²) in [7, 11) is 0. The Balaban J connectivity index is 0.00000242. The molecule has 0 saturated carbocycles. The maximum atomic E-state index is 11.0. The van der Waals surface area contributed by atoms with Crippen molar-refractivity contribution >= 4 is 12.4 Å². The SMILES string of the molecule is Cc1ccccc1-c1ccc(C[C@H](N[C-]=O)C(=O)O)cc1.[Fm]. The number of aliphatic carboxylic acids is 1. The van der Waals surface area contributed by atoms with Gasteiger partial charge in [-0.25, -0.2) is 0 Å². The summed E-state index contributed by atoms with van der Waals surface area (Å²) in [5, 5.41) is 11.2. The van der Waals surface area contributed by atoms with Crippen molar-refractivity contribution in [1.29, 1.82) is 0 Å². The largest absolute Gasteiger partial charge is 0.520 e. The summed E-state index contributed by atoms with van der Waals surface area (Å²) < 4.78 is 0. The number of hydrogen-bond donors (Lipinski definition) is 2. The molecule has 22 heavy (non-hydrogen) atoms. The topological polar surface area (TPSA) is 66.4 Å². The molecule has 0 aliphatic heterocycles. The van der Waals surface area contributed by atoms with E-state index in [0.717, 1.165) is 16.7 Å².